The lowest BCUT2D eigenvalue weighted by Crippen LogP contribution is -2.37. The summed E-state index contributed by atoms with van der Waals surface area (Å²) >= 11 is 0. The van der Waals surface area contributed by atoms with Gasteiger partial charge in [0.05, 0.1) is 11.6 Å². The largest absolute Gasteiger partial charge is 0.359 e. The standard InChI is InChI=1S/C26H36N4O2/c1-26(2,3)20(25(32)27-4)15-22(31)23-21-17-29(16-18-11-12-18)13-8-14-30(21)24(28-23)19-9-6-5-7-10-19/h5-7,9-10,18,20H,8,11-17H2,1-4H3,(H,27,32)/t20-/m1/s1. The average Bonchev–Trinajstić information content (AvgIpc) is 3.55. The van der Waals surface area contributed by atoms with E-state index >= 15 is 0 Å². The maximum Gasteiger partial charge on any atom is 0.223 e. The van der Waals surface area contributed by atoms with Crippen LogP contribution in [0.4, 0.5) is 0 Å². The topological polar surface area (TPSA) is 67.2 Å². The number of hydrogen-bond donors (Lipinski definition) is 1. The summed E-state index contributed by atoms with van der Waals surface area (Å²) in [5.74, 6) is 1.15. The Morgan fingerprint density at radius 3 is 2.50 bits per heavy atom. The number of carbonyl (C=O) groups excluding carboxylic acids is 2. The number of nitrogens with one attached hydrogen (secondary N) is 1. The lowest BCUT2D eigenvalue weighted by atomic mass is 9.77. The fourth-order valence-corrected chi connectivity index (χ4v) is 4.73. The minimum atomic E-state index is -0.397. The van der Waals surface area contributed by atoms with Crippen molar-refractivity contribution in [1.82, 2.24) is 19.8 Å². The zero-order valence-electron chi connectivity index (χ0n) is 19.9. The molecule has 1 aliphatic heterocycles. The Hall–Kier alpha value is -2.47. The van der Waals surface area contributed by atoms with Crippen LogP contribution >= 0.6 is 0 Å². The second kappa shape index (κ2) is 9.18. The first kappa shape index (κ1) is 22.7. The Morgan fingerprint density at radius 1 is 1.16 bits per heavy atom. The fourth-order valence-electron chi connectivity index (χ4n) is 4.73. The molecule has 6 heteroatoms. The molecule has 6 nitrogen and oxygen atoms in total. The molecular formula is C26H36N4O2. The van der Waals surface area contributed by atoms with E-state index in [0.29, 0.717) is 5.69 Å². The van der Waals surface area contributed by atoms with E-state index in [2.05, 4.69) is 26.9 Å². The van der Waals surface area contributed by atoms with Crippen LogP contribution in [0.3, 0.4) is 0 Å². The number of fused-ring (bicyclic) bond motifs is 1. The van der Waals surface area contributed by atoms with E-state index in [1.807, 2.05) is 39.0 Å². The molecule has 1 N–H and O–H groups in total. The van der Waals surface area contributed by atoms with Gasteiger partial charge < -0.3 is 9.88 Å². The predicted octanol–water partition coefficient (Wildman–Crippen LogP) is 4.15. The molecule has 1 fully saturated rings. The fraction of sp³-hybridized carbons (Fsp3) is 0.577. The number of amides is 1. The molecular weight excluding hydrogens is 400 g/mol. The van der Waals surface area contributed by atoms with Crippen LogP contribution in [0.5, 0.6) is 0 Å². The van der Waals surface area contributed by atoms with Crippen LogP contribution in [0, 0.1) is 17.3 Å². The van der Waals surface area contributed by atoms with Crippen molar-refractivity contribution < 1.29 is 9.59 Å². The predicted molar refractivity (Wildman–Crippen MR) is 126 cm³/mol. The van der Waals surface area contributed by atoms with E-state index in [1.165, 1.54) is 12.8 Å². The highest BCUT2D eigenvalue weighted by Crippen LogP contribution is 2.34. The van der Waals surface area contributed by atoms with Crippen molar-refractivity contribution >= 4 is 11.7 Å². The quantitative estimate of drug-likeness (QED) is 0.662. The summed E-state index contributed by atoms with van der Waals surface area (Å²) in [4.78, 5) is 33.6. The van der Waals surface area contributed by atoms with Crippen molar-refractivity contribution in [2.75, 3.05) is 20.1 Å². The second-order valence-electron chi connectivity index (χ2n) is 10.4. The molecule has 32 heavy (non-hydrogen) atoms. The van der Waals surface area contributed by atoms with Gasteiger partial charge in [-0.1, -0.05) is 51.1 Å². The highest BCUT2D eigenvalue weighted by Gasteiger charge is 2.36. The summed E-state index contributed by atoms with van der Waals surface area (Å²) in [6, 6.07) is 10.1. The van der Waals surface area contributed by atoms with Crippen LogP contribution in [0.2, 0.25) is 0 Å². The van der Waals surface area contributed by atoms with Gasteiger partial charge in [0, 0.05) is 45.2 Å². The van der Waals surface area contributed by atoms with Crippen LogP contribution in [0.1, 0.15) is 62.6 Å². The van der Waals surface area contributed by atoms with Crippen LogP contribution in [-0.2, 0) is 17.9 Å². The normalized spacial score (nSPS) is 18.0. The highest BCUT2D eigenvalue weighted by atomic mass is 16.2. The number of Topliss-reactive ketones (excluding diaryl/α,β-unsaturated/α-hetero) is 1. The van der Waals surface area contributed by atoms with Gasteiger partial charge in [-0.05, 0) is 30.6 Å². The molecule has 0 bridgehead atoms. The molecule has 1 aromatic carbocycles. The molecule has 1 atom stereocenters. The molecule has 2 aliphatic rings. The third-order valence-electron chi connectivity index (χ3n) is 6.81. The molecule has 1 aromatic heterocycles. The smallest absolute Gasteiger partial charge is 0.223 e. The Morgan fingerprint density at radius 2 is 1.88 bits per heavy atom. The van der Waals surface area contributed by atoms with Crippen molar-refractivity contribution in [3.8, 4) is 11.4 Å². The molecule has 0 spiro atoms. The number of ketones is 1. The van der Waals surface area contributed by atoms with E-state index in [4.69, 9.17) is 4.98 Å². The summed E-state index contributed by atoms with van der Waals surface area (Å²) in [5, 5.41) is 2.74. The first-order valence-electron chi connectivity index (χ1n) is 11.9. The number of benzene rings is 1. The molecule has 0 unspecified atom stereocenters. The molecule has 1 amide bonds. The number of nitrogens with zero attached hydrogens (tertiary/aromatic N) is 3. The number of imidazole rings is 1. The SMILES string of the molecule is CNC(=O)[C@@H](CC(=O)c1nc(-c2ccccc2)n2c1CN(CC1CC1)CCC2)C(C)(C)C. The van der Waals surface area contributed by atoms with Crippen LogP contribution in [-0.4, -0.2) is 46.3 Å². The maximum atomic E-state index is 13.6. The van der Waals surface area contributed by atoms with Crippen molar-refractivity contribution in [3.63, 3.8) is 0 Å². The summed E-state index contributed by atoms with van der Waals surface area (Å²) in [7, 11) is 1.64. The molecule has 1 saturated carbocycles. The third kappa shape index (κ3) is 4.96. The first-order chi connectivity index (χ1) is 15.3. The summed E-state index contributed by atoms with van der Waals surface area (Å²) in [6.45, 7) is 9.80. The summed E-state index contributed by atoms with van der Waals surface area (Å²) in [6.07, 6.45) is 3.85. The van der Waals surface area contributed by atoms with Gasteiger partial charge in [0.15, 0.2) is 5.78 Å². The van der Waals surface area contributed by atoms with Gasteiger partial charge in [-0.15, -0.1) is 0 Å². The Balaban J connectivity index is 1.71. The van der Waals surface area contributed by atoms with Gasteiger partial charge in [0.25, 0.3) is 0 Å². The van der Waals surface area contributed by atoms with E-state index in [0.717, 1.165) is 55.6 Å². The molecule has 0 saturated heterocycles. The number of carbonyl (C=O) groups is 2. The molecule has 4 rings (SSSR count). The minimum Gasteiger partial charge on any atom is -0.359 e. The highest BCUT2D eigenvalue weighted by molar-refractivity contribution is 5.98. The van der Waals surface area contributed by atoms with Gasteiger partial charge in [-0.25, -0.2) is 4.98 Å². The Labute approximate surface area is 191 Å². The van der Waals surface area contributed by atoms with Gasteiger partial charge >= 0.3 is 0 Å². The van der Waals surface area contributed by atoms with E-state index in [-0.39, 0.29) is 23.5 Å². The summed E-state index contributed by atoms with van der Waals surface area (Å²) < 4.78 is 2.25. The first-order valence-corrected chi connectivity index (χ1v) is 11.9. The number of hydrogen-bond acceptors (Lipinski definition) is 4. The lowest BCUT2D eigenvalue weighted by Gasteiger charge is -2.28. The molecule has 0 radical (unpaired) electrons. The monoisotopic (exact) mass is 436 g/mol. The van der Waals surface area contributed by atoms with E-state index in [1.54, 1.807) is 7.05 Å². The summed E-state index contributed by atoms with van der Waals surface area (Å²) in [5.41, 5.74) is 2.27. The van der Waals surface area contributed by atoms with Crippen molar-refractivity contribution in [2.24, 2.45) is 17.3 Å². The van der Waals surface area contributed by atoms with Crippen molar-refractivity contribution in [1.29, 1.82) is 0 Å². The van der Waals surface area contributed by atoms with Crippen LogP contribution in [0.25, 0.3) is 11.4 Å². The van der Waals surface area contributed by atoms with Gasteiger partial charge in [-0.2, -0.15) is 0 Å². The maximum absolute atomic E-state index is 13.6. The molecule has 2 aromatic rings. The van der Waals surface area contributed by atoms with Gasteiger partial charge in [0.1, 0.15) is 11.5 Å². The zero-order valence-corrected chi connectivity index (χ0v) is 19.9. The zero-order chi connectivity index (χ0) is 22.9. The third-order valence-corrected chi connectivity index (χ3v) is 6.81. The van der Waals surface area contributed by atoms with E-state index in [9.17, 15) is 9.59 Å². The van der Waals surface area contributed by atoms with E-state index < -0.39 is 5.92 Å². The van der Waals surface area contributed by atoms with Crippen molar-refractivity contribution in [2.45, 2.75) is 59.5 Å². The number of rotatable bonds is 7. The van der Waals surface area contributed by atoms with Crippen LogP contribution < -0.4 is 5.32 Å². The average molecular weight is 437 g/mol. The van der Waals surface area contributed by atoms with Gasteiger partial charge in [-0.3, -0.25) is 14.5 Å². The molecule has 172 valence electrons. The van der Waals surface area contributed by atoms with Crippen LogP contribution in [0.15, 0.2) is 30.3 Å². The minimum absolute atomic E-state index is 0.0345. The number of aromatic nitrogens is 2. The lowest BCUT2D eigenvalue weighted by molar-refractivity contribution is -0.127. The Bertz CT molecular complexity index is 970. The second-order valence-corrected chi connectivity index (χ2v) is 10.4. The molecule has 2 heterocycles. The Kier molecular flexibility index (Phi) is 6.52. The van der Waals surface area contributed by atoms with Crippen molar-refractivity contribution in [3.05, 3.63) is 41.7 Å². The molecule has 1 aliphatic carbocycles. The van der Waals surface area contributed by atoms with Gasteiger partial charge in [0.2, 0.25) is 5.91 Å².